The number of aliphatic hydroxyl groups is 1. The van der Waals surface area contributed by atoms with Crippen molar-refractivity contribution < 1.29 is 29.4 Å². The predicted molar refractivity (Wildman–Crippen MR) is 203 cm³/mol. The molecule has 4 aromatic carbocycles. The van der Waals surface area contributed by atoms with Crippen molar-refractivity contribution >= 4 is 11.8 Å². The van der Waals surface area contributed by atoms with Crippen LogP contribution in [0.2, 0.25) is 0 Å². The minimum Gasteiger partial charge on any atom is -0.392 e. The van der Waals surface area contributed by atoms with Gasteiger partial charge in [0.2, 0.25) is 11.8 Å². The quantitative estimate of drug-likeness (QED) is 0.0606. The molecule has 2 fully saturated rings. The first kappa shape index (κ1) is 38.3. The normalized spacial score (nSPS) is 19.5. The van der Waals surface area contributed by atoms with Crippen LogP contribution >= 0.6 is 0 Å². The van der Waals surface area contributed by atoms with Gasteiger partial charge in [0.25, 0.3) is 0 Å². The van der Waals surface area contributed by atoms with Crippen molar-refractivity contribution in [3.63, 3.8) is 0 Å². The zero-order valence-electron chi connectivity index (χ0n) is 30.4. The topological polar surface area (TPSA) is 124 Å². The summed E-state index contributed by atoms with van der Waals surface area (Å²) in [4.78, 5) is 28.8. The number of carbonyl (C=O) groups excluding carboxylic acids is 2. The van der Waals surface area contributed by atoms with E-state index in [0.29, 0.717) is 25.8 Å². The van der Waals surface area contributed by atoms with E-state index in [4.69, 9.17) is 14.7 Å². The summed E-state index contributed by atoms with van der Waals surface area (Å²) in [6.45, 7) is 6.26. The Bertz CT molecular complexity index is 1730. The van der Waals surface area contributed by atoms with Crippen LogP contribution in [0.1, 0.15) is 78.7 Å². The average Bonchev–Trinajstić information content (AvgIpc) is 3.21. The number of piperazine rings is 1. The fourth-order valence-electron chi connectivity index (χ4n) is 7.15. The van der Waals surface area contributed by atoms with E-state index < -0.39 is 12.2 Å². The number of hydrogen-bond donors (Lipinski definition) is 4. The van der Waals surface area contributed by atoms with E-state index in [1.807, 2.05) is 30.3 Å². The molecular formula is C43H52N4O6. The minimum atomic E-state index is -0.530. The summed E-state index contributed by atoms with van der Waals surface area (Å²) in [5.74, 6) is -0.436. The summed E-state index contributed by atoms with van der Waals surface area (Å²) < 4.78 is 13.3. The van der Waals surface area contributed by atoms with E-state index in [9.17, 15) is 14.7 Å². The second-order valence-corrected chi connectivity index (χ2v) is 14.1. The van der Waals surface area contributed by atoms with Crippen LogP contribution in [-0.4, -0.2) is 70.8 Å². The van der Waals surface area contributed by atoms with Crippen molar-refractivity contribution in [3.05, 3.63) is 131 Å². The molecule has 0 bridgehead atoms. The Morgan fingerprint density at radius 3 is 2.08 bits per heavy atom. The molecule has 2 saturated heterocycles. The van der Waals surface area contributed by atoms with Gasteiger partial charge in [-0.05, 0) is 46.2 Å². The second-order valence-electron chi connectivity index (χ2n) is 14.1. The third-order valence-electron chi connectivity index (χ3n) is 10.2. The first-order chi connectivity index (χ1) is 26.0. The molecule has 2 amide bonds. The van der Waals surface area contributed by atoms with E-state index in [1.54, 1.807) is 5.48 Å². The average molecular weight is 721 g/mol. The van der Waals surface area contributed by atoms with E-state index in [1.165, 1.54) is 5.56 Å². The van der Waals surface area contributed by atoms with Gasteiger partial charge < -0.3 is 19.9 Å². The van der Waals surface area contributed by atoms with Crippen LogP contribution in [0.5, 0.6) is 0 Å². The van der Waals surface area contributed by atoms with Crippen LogP contribution in [0.15, 0.2) is 103 Å². The maximum absolute atomic E-state index is 12.6. The van der Waals surface area contributed by atoms with Gasteiger partial charge in [-0.2, -0.15) is 0 Å². The Balaban J connectivity index is 1.08. The van der Waals surface area contributed by atoms with Crippen molar-refractivity contribution in [1.82, 2.24) is 20.6 Å². The Morgan fingerprint density at radius 2 is 1.36 bits per heavy atom. The van der Waals surface area contributed by atoms with E-state index in [2.05, 4.69) is 87.9 Å². The van der Waals surface area contributed by atoms with Crippen LogP contribution < -0.4 is 10.8 Å². The molecule has 6 rings (SSSR count). The van der Waals surface area contributed by atoms with Gasteiger partial charge in [-0.25, -0.2) is 5.48 Å². The molecule has 2 heterocycles. The molecule has 2 aliphatic rings. The summed E-state index contributed by atoms with van der Waals surface area (Å²) in [7, 11) is 0. The fraction of sp³-hybridized carbons (Fsp3) is 0.395. The zero-order valence-corrected chi connectivity index (χ0v) is 30.4. The van der Waals surface area contributed by atoms with Gasteiger partial charge in [-0.15, -0.1) is 0 Å². The molecule has 0 unspecified atom stereocenters. The summed E-state index contributed by atoms with van der Waals surface area (Å²) in [6, 6.07) is 35.1. The van der Waals surface area contributed by atoms with Gasteiger partial charge in [-0.3, -0.25) is 24.6 Å². The predicted octanol–water partition coefficient (Wildman–Crippen LogP) is 6.28. The van der Waals surface area contributed by atoms with Crippen LogP contribution in [-0.2, 0) is 38.8 Å². The Kier molecular flexibility index (Phi) is 14.2. The summed E-state index contributed by atoms with van der Waals surface area (Å²) >= 11 is 0. The molecule has 4 aromatic rings. The van der Waals surface area contributed by atoms with Crippen LogP contribution in [0.4, 0.5) is 0 Å². The molecule has 0 aliphatic carbocycles. The number of unbranched alkanes of at least 4 members (excludes halogenated alkanes) is 2. The van der Waals surface area contributed by atoms with Crippen molar-refractivity contribution in [2.24, 2.45) is 0 Å². The third-order valence-corrected chi connectivity index (χ3v) is 10.2. The molecule has 0 aromatic heterocycles. The molecular weight excluding hydrogens is 668 g/mol. The SMILES string of the molecule is O=C(CCCCCC(=O)NCc1ccccc1-c1ccc([C@@H]2O[C@H](CN3CCN(Cc4ccccc4)CC3)C[C@H](c3ccc(CO)cc3)O2)cc1)NO. The summed E-state index contributed by atoms with van der Waals surface area (Å²) in [5.41, 5.74) is 8.99. The Hall–Kier alpha value is -4.42. The number of hydroxylamine groups is 1. The van der Waals surface area contributed by atoms with Crippen LogP contribution in [0.3, 0.4) is 0 Å². The van der Waals surface area contributed by atoms with Crippen molar-refractivity contribution in [3.8, 4) is 11.1 Å². The van der Waals surface area contributed by atoms with E-state index >= 15 is 0 Å². The Morgan fingerprint density at radius 1 is 0.698 bits per heavy atom. The lowest BCUT2D eigenvalue weighted by Gasteiger charge is -2.40. The standard InChI is InChI=1S/C43H52N4O6/c48-31-33-15-17-35(18-16-33)40-27-38(30-47-25-23-46(24-26-47)29-32-9-3-1-4-10-32)52-43(53-40)36-21-19-34(20-22-36)39-12-8-7-11-37(39)28-44-41(49)13-5-2-6-14-42(50)45-51/h1,3-4,7-12,15-22,38,40,43,48,51H,2,5-6,13-14,23-31H2,(H,44,49)(H,45,50)/t38-,40+,43+/m0/s1. The fourth-order valence-corrected chi connectivity index (χ4v) is 7.15. The molecule has 10 nitrogen and oxygen atoms in total. The Labute approximate surface area is 312 Å². The lowest BCUT2D eigenvalue weighted by atomic mass is 9.97. The molecule has 0 radical (unpaired) electrons. The van der Waals surface area contributed by atoms with Crippen molar-refractivity contribution in [2.45, 2.75) is 76.7 Å². The summed E-state index contributed by atoms with van der Waals surface area (Å²) in [6.07, 6.45) is 2.74. The largest absolute Gasteiger partial charge is 0.392 e. The number of hydrogen-bond acceptors (Lipinski definition) is 8. The highest BCUT2D eigenvalue weighted by molar-refractivity contribution is 5.76. The van der Waals surface area contributed by atoms with Gasteiger partial charge in [0.1, 0.15) is 0 Å². The molecule has 53 heavy (non-hydrogen) atoms. The number of amides is 2. The first-order valence-electron chi connectivity index (χ1n) is 18.8. The number of rotatable bonds is 16. The molecule has 0 saturated carbocycles. The molecule has 280 valence electrons. The highest BCUT2D eigenvalue weighted by atomic mass is 16.7. The molecule has 4 N–H and O–H groups in total. The second kappa shape index (κ2) is 19.6. The van der Waals surface area contributed by atoms with Gasteiger partial charge in [0.15, 0.2) is 6.29 Å². The van der Waals surface area contributed by atoms with Gasteiger partial charge >= 0.3 is 0 Å². The number of nitrogens with zero attached hydrogens (tertiary/aromatic N) is 2. The summed E-state index contributed by atoms with van der Waals surface area (Å²) in [5, 5.41) is 21.3. The number of nitrogens with one attached hydrogen (secondary N) is 2. The monoisotopic (exact) mass is 720 g/mol. The first-order valence-corrected chi connectivity index (χ1v) is 18.8. The zero-order chi connectivity index (χ0) is 36.8. The molecule has 0 spiro atoms. The number of benzene rings is 4. The third kappa shape index (κ3) is 11.3. The number of carbonyl (C=O) groups is 2. The van der Waals surface area contributed by atoms with Crippen LogP contribution in [0, 0.1) is 0 Å². The highest BCUT2D eigenvalue weighted by Gasteiger charge is 2.34. The lowest BCUT2D eigenvalue weighted by molar-refractivity contribution is -0.253. The van der Waals surface area contributed by atoms with Crippen molar-refractivity contribution in [2.75, 3.05) is 32.7 Å². The molecule has 2 aliphatic heterocycles. The number of ether oxygens (including phenoxy) is 2. The van der Waals surface area contributed by atoms with Gasteiger partial charge in [-0.1, -0.05) is 110 Å². The van der Waals surface area contributed by atoms with Crippen molar-refractivity contribution in [1.29, 1.82) is 0 Å². The maximum atomic E-state index is 12.6. The molecule has 3 atom stereocenters. The molecule has 10 heteroatoms. The van der Waals surface area contributed by atoms with Gasteiger partial charge in [0, 0.05) is 70.6 Å². The lowest BCUT2D eigenvalue weighted by Crippen LogP contribution is -2.49. The van der Waals surface area contributed by atoms with E-state index in [-0.39, 0.29) is 31.1 Å². The van der Waals surface area contributed by atoms with Gasteiger partial charge in [0.05, 0.1) is 18.8 Å². The minimum absolute atomic E-state index is 0.00725. The maximum Gasteiger partial charge on any atom is 0.243 e. The van der Waals surface area contributed by atoms with E-state index in [0.717, 1.165) is 85.5 Å². The van der Waals surface area contributed by atoms with Crippen LogP contribution in [0.25, 0.3) is 11.1 Å². The highest BCUT2D eigenvalue weighted by Crippen LogP contribution is 2.39. The smallest absolute Gasteiger partial charge is 0.243 e. The number of aliphatic hydroxyl groups excluding tert-OH is 1.